The molecule has 0 radical (unpaired) electrons. The summed E-state index contributed by atoms with van der Waals surface area (Å²) < 4.78 is 19.6. The number of nitrogens with zero attached hydrogens (tertiary/aromatic N) is 8. The molecule has 1 aliphatic rings. The molecule has 0 atom stereocenters. The maximum absolute atomic E-state index is 13.2. The Morgan fingerprint density at radius 1 is 1.07 bits per heavy atom. The van der Waals surface area contributed by atoms with E-state index in [-0.39, 0.29) is 12.1 Å². The summed E-state index contributed by atoms with van der Waals surface area (Å²) in [5.41, 5.74) is 2.15. The number of piperazine rings is 1. The highest BCUT2D eigenvalue weighted by Gasteiger charge is 2.20. The van der Waals surface area contributed by atoms with Crippen molar-refractivity contribution in [2.75, 3.05) is 48.9 Å². The Morgan fingerprint density at radius 2 is 1.80 bits per heavy atom. The van der Waals surface area contributed by atoms with Crippen molar-refractivity contribution in [3.63, 3.8) is 0 Å². The number of hydrogen-bond donors (Lipinski definition) is 1. The summed E-state index contributed by atoms with van der Waals surface area (Å²) in [5.74, 6) is 1.08. The number of aromatic nitrogens is 5. The first kappa shape index (κ1) is 27.5. The van der Waals surface area contributed by atoms with E-state index in [0.717, 1.165) is 31.9 Å². The molecule has 0 amide bonds. The van der Waals surface area contributed by atoms with Crippen LogP contribution in [-0.4, -0.2) is 78.2 Å². The molecule has 5 rings (SSSR count). The third-order valence-corrected chi connectivity index (χ3v) is 7.39. The van der Waals surface area contributed by atoms with Gasteiger partial charge in [0.15, 0.2) is 17.3 Å². The van der Waals surface area contributed by atoms with Crippen molar-refractivity contribution in [2.45, 2.75) is 26.4 Å². The molecule has 210 valence electrons. The summed E-state index contributed by atoms with van der Waals surface area (Å²) >= 11 is 0. The second-order valence-corrected chi connectivity index (χ2v) is 12.9. The van der Waals surface area contributed by atoms with Crippen molar-refractivity contribution in [3.05, 3.63) is 71.7 Å². The van der Waals surface area contributed by atoms with Crippen molar-refractivity contribution >= 4 is 43.9 Å². The molecule has 0 bridgehead atoms. The molecule has 1 aromatic carbocycles. The van der Waals surface area contributed by atoms with Crippen molar-refractivity contribution < 1.29 is 4.21 Å². The van der Waals surface area contributed by atoms with Crippen LogP contribution in [0.1, 0.15) is 13.8 Å². The Balaban J connectivity index is 1.45. The van der Waals surface area contributed by atoms with Gasteiger partial charge in [-0.1, -0.05) is 12.1 Å². The first-order chi connectivity index (χ1) is 19.1. The van der Waals surface area contributed by atoms with E-state index < -0.39 is 9.73 Å². The van der Waals surface area contributed by atoms with E-state index in [0.29, 0.717) is 34.7 Å². The van der Waals surface area contributed by atoms with Gasteiger partial charge in [0.2, 0.25) is 5.95 Å². The first-order valence-electron chi connectivity index (χ1n) is 13.2. The lowest BCUT2D eigenvalue weighted by molar-refractivity contribution is 0.209. The summed E-state index contributed by atoms with van der Waals surface area (Å²) in [7, 11) is -2.41. The maximum Gasteiger partial charge on any atom is 0.278 e. The zero-order chi connectivity index (χ0) is 28.4. The molecule has 1 N–H and O–H groups in total. The van der Waals surface area contributed by atoms with Gasteiger partial charge in [-0.15, -0.1) is 6.58 Å². The molecule has 1 saturated heterocycles. The van der Waals surface area contributed by atoms with E-state index in [1.54, 1.807) is 41.5 Å². The SMILES string of the molecule is C=CCn1c(=O)c2cnc(Nc3ccc(N4CCN(C(C)C)CC4)cc3)nc2n1-c1cccc(N=S(C)(C)=O)n1. The van der Waals surface area contributed by atoms with Crippen LogP contribution in [0.4, 0.5) is 23.1 Å². The van der Waals surface area contributed by atoms with Crippen molar-refractivity contribution in [3.8, 4) is 5.82 Å². The fraction of sp³-hybridized carbons (Fsp3) is 0.357. The Morgan fingerprint density at radius 3 is 2.45 bits per heavy atom. The van der Waals surface area contributed by atoms with Gasteiger partial charge in [-0.2, -0.15) is 9.35 Å². The second kappa shape index (κ2) is 11.2. The van der Waals surface area contributed by atoms with Gasteiger partial charge < -0.3 is 10.2 Å². The quantitative estimate of drug-likeness (QED) is 0.323. The van der Waals surface area contributed by atoms with E-state index in [2.05, 4.69) is 62.0 Å². The van der Waals surface area contributed by atoms with Crippen molar-refractivity contribution in [1.82, 2.24) is 29.2 Å². The number of allylic oxidation sites excluding steroid dienone is 1. The highest BCUT2D eigenvalue weighted by Crippen LogP contribution is 2.23. The van der Waals surface area contributed by atoms with E-state index in [1.807, 2.05) is 12.1 Å². The van der Waals surface area contributed by atoms with E-state index in [9.17, 15) is 9.00 Å². The number of benzene rings is 1. The van der Waals surface area contributed by atoms with E-state index in [4.69, 9.17) is 4.98 Å². The van der Waals surface area contributed by atoms with Gasteiger partial charge in [-0.25, -0.2) is 23.5 Å². The van der Waals surface area contributed by atoms with Crippen LogP contribution < -0.4 is 15.8 Å². The van der Waals surface area contributed by atoms with Gasteiger partial charge in [0.25, 0.3) is 5.56 Å². The molecule has 0 saturated carbocycles. The topological polar surface area (TPSA) is 114 Å². The molecule has 0 spiro atoms. The van der Waals surface area contributed by atoms with Crippen LogP contribution >= 0.6 is 0 Å². The Kier molecular flexibility index (Phi) is 7.72. The monoisotopic (exact) mass is 561 g/mol. The fourth-order valence-corrected chi connectivity index (χ4v) is 5.35. The van der Waals surface area contributed by atoms with Gasteiger partial charge in [0.1, 0.15) is 5.39 Å². The summed E-state index contributed by atoms with van der Waals surface area (Å²) in [6.07, 6.45) is 6.24. The number of fused-ring (bicyclic) bond motifs is 1. The predicted octanol–water partition coefficient (Wildman–Crippen LogP) is 3.80. The second-order valence-electron chi connectivity index (χ2n) is 10.3. The van der Waals surface area contributed by atoms with Crippen LogP contribution in [0.3, 0.4) is 0 Å². The minimum atomic E-state index is -2.41. The first-order valence-corrected chi connectivity index (χ1v) is 15.6. The maximum atomic E-state index is 13.2. The van der Waals surface area contributed by atoms with Crippen LogP contribution in [0, 0.1) is 0 Å². The summed E-state index contributed by atoms with van der Waals surface area (Å²) in [5, 5.41) is 3.61. The smallest absolute Gasteiger partial charge is 0.278 e. The molecule has 12 heteroatoms. The Hall–Kier alpha value is -4.03. The zero-order valence-electron chi connectivity index (χ0n) is 23.3. The van der Waals surface area contributed by atoms with Crippen molar-refractivity contribution in [2.24, 2.45) is 4.36 Å². The number of nitrogens with one attached hydrogen (secondary N) is 1. The van der Waals surface area contributed by atoms with Gasteiger partial charge >= 0.3 is 0 Å². The van der Waals surface area contributed by atoms with Crippen LogP contribution in [0.2, 0.25) is 0 Å². The van der Waals surface area contributed by atoms with E-state index in [1.165, 1.54) is 16.6 Å². The highest BCUT2D eigenvalue weighted by molar-refractivity contribution is 7.92. The van der Waals surface area contributed by atoms with Crippen molar-refractivity contribution in [1.29, 1.82) is 0 Å². The Bertz CT molecular complexity index is 1700. The molecule has 4 aromatic rings. The minimum Gasteiger partial charge on any atom is -0.369 e. The zero-order valence-corrected chi connectivity index (χ0v) is 24.1. The van der Waals surface area contributed by atoms with Gasteiger partial charge in [0.05, 0.1) is 6.54 Å². The third-order valence-electron chi connectivity index (χ3n) is 6.76. The Labute approximate surface area is 234 Å². The molecule has 3 aromatic heterocycles. The summed E-state index contributed by atoms with van der Waals surface area (Å²) in [6.45, 7) is 12.6. The lowest BCUT2D eigenvalue weighted by Crippen LogP contribution is -2.48. The molecule has 1 aliphatic heterocycles. The average Bonchev–Trinajstić information content (AvgIpc) is 3.19. The molecular weight excluding hydrogens is 526 g/mol. The van der Waals surface area contributed by atoms with Gasteiger partial charge in [-0.3, -0.25) is 9.69 Å². The molecule has 11 nitrogen and oxygen atoms in total. The lowest BCUT2D eigenvalue weighted by atomic mass is 10.2. The summed E-state index contributed by atoms with van der Waals surface area (Å²) in [6, 6.07) is 14.0. The normalized spacial score (nSPS) is 14.6. The molecule has 0 aliphatic carbocycles. The molecule has 0 unspecified atom stereocenters. The minimum absolute atomic E-state index is 0.242. The molecule has 1 fully saturated rings. The summed E-state index contributed by atoms with van der Waals surface area (Å²) in [4.78, 5) is 31.8. The standard InChI is InChI=1S/C28H35N9O2S/c1-6-14-36-27(38)23-19-29-28(32-26(23)37(36)25-9-7-8-24(31-25)33-40(4,5)39)30-21-10-12-22(13-11-21)35-17-15-34(16-18-35)20(2)3/h6-13,19-20H,1,14-18H2,2-5H3,(H,29,30,32). The average molecular weight is 562 g/mol. The van der Waals surface area contributed by atoms with Gasteiger partial charge in [0, 0.05) is 72.0 Å². The highest BCUT2D eigenvalue weighted by atomic mass is 32.2. The van der Waals surface area contributed by atoms with Crippen LogP contribution in [0.25, 0.3) is 16.9 Å². The fourth-order valence-electron chi connectivity index (χ4n) is 4.80. The number of anilines is 3. The molecule has 40 heavy (non-hydrogen) atoms. The van der Waals surface area contributed by atoms with E-state index >= 15 is 0 Å². The number of rotatable bonds is 8. The predicted molar refractivity (Wildman–Crippen MR) is 162 cm³/mol. The largest absolute Gasteiger partial charge is 0.369 e. The third kappa shape index (κ3) is 5.92. The lowest BCUT2D eigenvalue weighted by Gasteiger charge is -2.38. The van der Waals surface area contributed by atoms with Crippen LogP contribution in [0.15, 0.2) is 70.5 Å². The number of hydrogen-bond acceptors (Lipinski definition) is 9. The van der Waals surface area contributed by atoms with Crippen LogP contribution in [-0.2, 0) is 16.3 Å². The number of pyridine rings is 1. The van der Waals surface area contributed by atoms with Gasteiger partial charge in [-0.05, 0) is 50.2 Å². The van der Waals surface area contributed by atoms with Crippen LogP contribution in [0.5, 0.6) is 0 Å². The molecule has 4 heterocycles. The molecular formula is C28H35N9O2S.